The van der Waals surface area contributed by atoms with Crippen molar-refractivity contribution >= 4 is 15.9 Å². The van der Waals surface area contributed by atoms with Gasteiger partial charge in [0.15, 0.2) is 0 Å². The first-order valence-electron chi connectivity index (χ1n) is 5.33. The van der Waals surface area contributed by atoms with E-state index < -0.39 is 17.8 Å². The molecule has 0 bridgehead atoms. The average Bonchev–Trinajstić information content (AvgIpc) is 2.15. The zero-order valence-electron chi connectivity index (χ0n) is 10.3. The first kappa shape index (κ1) is 15.3. The fourth-order valence-corrected chi connectivity index (χ4v) is 1.90. The van der Waals surface area contributed by atoms with Crippen LogP contribution >= 0.6 is 15.9 Å². The van der Waals surface area contributed by atoms with E-state index in [1.54, 1.807) is 20.8 Å². The Labute approximate surface area is 112 Å². The molecular weight excluding hydrogens is 311 g/mol. The maximum absolute atomic E-state index is 13.1. The summed E-state index contributed by atoms with van der Waals surface area (Å²) in [5, 5.41) is 12.1. The summed E-state index contributed by atoms with van der Waals surface area (Å²) in [6.07, 6.45) is -4.48. The van der Waals surface area contributed by atoms with Crippen molar-refractivity contribution < 1.29 is 18.3 Å². The number of nitrogens with one attached hydrogen (secondary N) is 1. The maximum Gasteiger partial charge on any atom is 0.408 e. The molecule has 0 saturated heterocycles. The molecule has 0 aromatic heterocycles. The quantitative estimate of drug-likeness (QED) is 0.856. The van der Waals surface area contributed by atoms with Crippen LogP contribution in [-0.2, 0) is 0 Å². The third kappa shape index (κ3) is 4.17. The molecule has 1 aromatic rings. The molecule has 102 valence electrons. The average molecular weight is 326 g/mol. The molecule has 1 atom stereocenters. The van der Waals surface area contributed by atoms with E-state index in [2.05, 4.69) is 21.2 Å². The number of aromatic hydroxyl groups is 1. The van der Waals surface area contributed by atoms with Crippen molar-refractivity contribution in [3.8, 4) is 5.75 Å². The van der Waals surface area contributed by atoms with Gasteiger partial charge < -0.3 is 5.11 Å². The lowest BCUT2D eigenvalue weighted by Crippen LogP contribution is -2.45. The number of benzene rings is 1. The topological polar surface area (TPSA) is 32.3 Å². The van der Waals surface area contributed by atoms with Crippen LogP contribution in [0.4, 0.5) is 13.2 Å². The molecular formula is C12H15BrF3NO. The van der Waals surface area contributed by atoms with Crippen molar-refractivity contribution in [1.82, 2.24) is 5.32 Å². The van der Waals surface area contributed by atoms with Gasteiger partial charge in [-0.3, -0.25) is 5.32 Å². The van der Waals surface area contributed by atoms with Crippen LogP contribution in [0.3, 0.4) is 0 Å². The highest BCUT2D eigenvalue weighted by atomic mass is 79.9. The van der Waals surface area contributed by atoms with E-state index in [1.807, 2.05) is 0 Å². The molecule has 0 heterocycles. The van der Waals surface area contributed by atoms with Gasteiger partial charge in [-0.05, 0) is 39.0 Å². The van der Waals surface area contributed by atoms with Crippen molar-refractivity contribution in [2.24, 2.45) is 0 Å². The lowest BCUT2D eigenvalue weighted by atomic mass is 10.0. The highest BCUT2D eigenvalue weighted by molar-refractivity contribution is 9.10. The van der Waals surface area contributed by atoms with Gasteiger partial charge in [-0.25, -0.2) is 0 Å². The number of hydrogen-bond acceptors (Lipinski definition) is 2. The van der Waals surface area contributed by atoms with Gasteiger partial charge in [-0.1, -0.05) is 15.9 Å². The summed E-state index contributed by atoms with van der Waals surface area (Å²) in [7, 11) is 0. The summed E-state index contributed by atoms with van der Waals surface area (Å²) in [5.74, 6) is -0.378. The van der Waals surface area contributed by atoms with E-state index in [4.69, 9.17) is 0 Å². The molecule has 0 aliphatic heterocycles. The third-order valence-corrected chi connectivity index (χ3v) is 2.70. The normalized spacial score (nSPS) is 14.6. The summed E-state index contributed by atoms with van der Waals surface area (Å²) < 4.78 is 39.7. The number of halogens is 4. The smallest absolute Gasteiger partial charge is 0.408 e. The van der Waals surface area contributed by atoms with E-state index in [-0.39, 0.29) is 11.3 Å². The summed E-state index contributed by atoms with van der Waals surface area (Å²) in [4.78, 5) is 0. The fourth-order valence-electron chi connectivity index (χ4n) is 1.53. The van der Waals surface area contributed by atoms with Crippen molar-refractivity contribution in [2.75, 3.05) is 0 Å². The Morgan fingerprint density at radius 3 is 2.22 bits per heavy atom. The maximum atomic E-state index is 13.1. The van der Waals surface area contributed by atoms with Gasteiger partial charge in [0.05, 0.1) is 0 Å². The van der Waals surface area contributed by atoms with Gasteiger partial charge in [0.1, 0.15) is 11.8 Å². The summed E-state index contributed by atoms with van der Waals surface area (Å²) in [5.41, 5.74) is -0.915. The minimum Gasteiger partial charge on any atom is -0.508 e. The highest BCUT2D eigenvalue weighted by Crippen LogP contribution is 2.39. The Morgan fingerprint density at radius 2 is 1.78 bits per heavy atom. The number of phenolic OH excluding ortho intramolecular Hbond substituents is 1. The number of rotatable bonds is 2. The molecule has 2 nitrogen and oxygen atoms in total. The van der Waals surface area contributed by atoms with Gasteiger partial charge in [0.25, 0.3) is 0 Å². The molecule has 2 N–H and O–H groups in total. The van der Waals surface area contributed by atoms with Crippen LogP contribution in [0.5, 0.6) is 5.75 Å². The number of alkyl halides is 3. The summed E-state index contributed by atoms with van der Waals surface area (Å²) in [6, 6.07) is 2.09. The molecule has 1 aromatic carbocycles. The molecule has 6 heteroatoms. The van der Waals surface area contributed by atoms with E-state index in [0.29, 0.717) is 4.47 Å². The van der Waals surface area contributed by atoms with E-state index in [0.717, 1.165) is 0 Å². The van der Waals surface area contributed by atoms with Crippen molar-refractivity contribution in [1.29, 1.82) is 0 Å². The standard InChI is InChI=1S/C12H15BrF3NO/c1-11(2,3)17-10(12(14,15)16)8-6-7(13)4-5-9(8)18/h4-6,10,17-18H,1-3H3. The molecule has 0 fully saturated rings. The predicted octanol–water partition coefficient (Wildman–Crippen LogP) is 4.15. The van der Waals surface area contributed by atoms with Gasteiger partial charge in [0.2, 0.25) is 0 Å². The SMILES string of the molecule is CC(C)(C)NC(c1cc(Br)ccc1O)C(F)(F)F. The van der Waals surface area contributed by atoms with E-state index >= 15 is 0 Å². The molecule has 0 amide bonds. The molecule has 0 saturated carbocycles. The monoisotopic (exact) mass is 325 g/mol. The van der Waals surface area contributed by atoms with Crippen LogP contribution in [0, 0.1) is 0 Å². The van der Waals surface area contributed by atoms with Gasteiger partial charge in [-0.2, -0.15) is 13.2 Å². The molecule has 18 heavy (non-hydrogen) atoms. The second-order valence-corrected chi connectivity index (χ2v) is 5.99. The van der Waals surface area contributed by atoms with Crippen molar-refractivity contribution in [3.63, 3.8) is 0 Å². The Kier molecular flexibility index (Phi) is 4.33. The summed E-state index contributed by atoms with van der Waals surface area (Å²) in [6.45, 7) is 4.92. The Bertz CT molecular complexity index is 426. The number of hydrogen-bond donors (Lipinski definition) is 2. The van der Waals surface area contributed by atoms with Crippen LogP contribution in [-0.4, -0.2) is 16.8 Å². The van der Waals surface area contributed by atoms with Crippen LogP contribution in [0.1, 0.15) is 32.4 Å². The van der Waals surface area contributed by atoms with E-state index in [1.165, 1.54) is 18.2 Å². The molecule has 0 spiro atoms. The summed E-state index contributed by atoms with van der Waals surface area (Å²) >= 11 is 3.10. The van der Waals surface area contributed by atoms with Crippen LogP contribution in [0.15, 0.2) is 22.7 Å². The van der Waals surface area contributed by atoms with Gasteiger partial charge in [0, 0.05) is 15.6 Å². The second-order valence-electron chi connectivity index (χ2n) is 5.07. The Morgan fingerprint density at radius 1 is 1.22 bits per heavy atom. The van der Waals surface area contributed by atoms with Crippen LogP contribution in [0.2, 0.25) is 0 Å². The van der Waals surface area contributed by atoms with Crippen LogP contribution in [0.25, 0.3) is 0 Å². The largest absolute Gasteiger partial charge is 0.508 e. The zero-order chi connectivity index (χ0) is 14.1. The lowest BCUT2D eigenvalue weighted by Gasteiger charge is -2.30. The van der Waals surface area contributed by atoms with Crippen LogP contribution < -0.4 is 5.32 Å². The Hall–Kier alpha value is -0.750. The minimum atomic E-state index is -4.48. The molecule has 1 unspecified atom stereocenters. The molecule has 0 radical (unpaired) electrons. The van der Waals surface area contributed by atoms with Crippen molar-refractivity contribution in [3.05, 3.63) is 28.2 Å². The zero-order valence-corrected chi connectivity index (χ0v) is 11.9. The molecule has 0 aliphatic rings. The lowest BCUT2D eigenvalue weighted by molar-refractivity contribution is -0.162. The molecule has 1 rings (SSSR count). The predicted molar refractivity (Wildman–Crippen MR) is 67.5 cm³/mol. The third-order valence-electron chi connectivity index (χ3n) is 2.21. The van der Waals surface area contributed by atoms with Gasteiger partial charge in [-0.15, -0.1) is 0 Å². The first-order chi connectivity index (χ1) is 8.00. The first-order valence-corrected chi connectivity index (χ1v) is 6.13. The minimum absolute atomic E-state index is 0.188. The van der Waals surface area contributed by atoms with Crippen molar-refractivity contribution in [2.45, 2.75) is 38.5 Å². The molecule has 0 aliphatic carbocycles. The Balaban J connectivity index is 3.22. The van der Waals surface area contributed by atoms with E-state index in [9.17, 15) is 18.3 Å². The number of phenols is 1. The highest BCUT2D eigenvalue weighted by Gasteiger charge is 2.43. The second kappa shape index (κ2) is 5.09. The van der Waals surface area contributed by atoms with Gasteiger partial charge >= 0.3 is 6.18 Å². The fraction of sp³-hybridized carbons (Fsp3) is 0.500.